The third-order valence-electron chi connectivity index (χ3n) is 5.20. The predicted molar refractivity (Wildman–Crippen MR) is 116 cm³/mol. The van der Waals surface area contributed by atoms with E-state index in [1.807, 2.05) is 24.3 Å². The summed E-state index contributed by atoms with van der Waals surface area (Å²) in [4.78, 5) is 0. The van der Waals surface area contributed by atoms with Crippen LogP contribution in [0.3, 0.4) is 0 Å². The Balaban J connectivity index is 1.72. The molecule has 1 unspecified atom stereocenters. The number of nitriles is 1. The van der Waals surface area contributed by atoms with Gasteiger partial charge in [-0.05, 0) is 42.0 Å². The van der Waals surface area contributed by atoms with E-state index in [0.717, 1.165) is 36.3 Å². The van der Waals surface area contributed by atoms with Gasteiger partial charge in [0.1, 0.15) is 12.0 Å². The normalized spacial score (nSPS) is 15.8. The van der Waals surface area contributed by atoms with Gasteiger partial charge in [0.05, 0.1) is 18.2 Å². The summed E-state index contributed by atoms with van der Waals surface area (Å²) in [5.74, 6) is 1.13. The monoisotopic (exact) mass is 374 g/mol. The van der Waals surface area contributed by atoms with Crippen LogP contribution >= 0.6 is 0 Å². The Labute approximate surface area is 168 Å². The number of nitrogens with one attached hydrogen (secondary N) is 1. The molecule has 1 heterocycles. The van der Waals surface area contributed by atoms with E-state index in [0.29, 0.717) is 11.7 Å². The maximum absolute atomic E-state index is 9.33. The Morgan fingerprint density at radius 1 is 1.04 bits per heavy atom. The van der Waals surface area contributed by atoms with Crippen molar-refractivity contribution in [1.82, 2.24) is 10.3 Å². The first-order chi connectivity index (χ1) is 13.7. The summed E-state index contributed by atoms with van der Waals surface area (Å²) in [6.07, 6.45) is 7.20. The zero-order valence-electron chi connectivity index (χ0n) is 17.0. The van der Waals surface area contributed by atoms with E-state index in [1.54, 1.807) is 0 Å². The molecule has 0 aromatic heterocycles. The van der Waals surface area contributed by atoms with Crippen LogP contribution in [0, 0.1) is 11.3 Å². The highest BCUT2D eigenvalue weighted by molar-refractivity contribution is 5.83. The van der Waals surface area contributed by atoms with E-state index in [4.69, 9.17) is 5.10 Å². The van der Waals surface area contributed by atoms with Crippen molar-refractivity contribution < 1.29 is 0 Å². The average Bonchev–Trinajstić information content (AvgIpc) is 3.12. The molecule has 0 saturated heterocycles. The molecule has 2 aromatic carbocycles. The molecule has 4 heteroatoms. The molecule has 0 amide bonds. The topological polar surface area (TPSA) is 51.4 Å². The van der Waals surface area contributed by atoms with Gasteiger partial charge in [0.25, 0.3) is 0 Å². The fraction of sp³-hybridized carbons (Fsp3) is 0.417. The molecule has 1 aliphatic heterocycles. The van der Waals surface area contributed by atoms with Crippen molar-refractivity contribution in [1.29, 1.82) is 5.26 Å². The Morgan fingerprint density at radius 2 is 1.79 bits per heavy atom. The molecule has 1 aliphatic rings. The molecule has 1 N–H and O–H groups in total. The second-order valence-electron chi connectivity index (χ2n) is 7.40. The minimum absolute atomic E-state index is 0.297. The van der Waals surface area contributed by atoms with Crippen LogP contribution in [0.2, 0.25) is 0 Å². The van der Waals surface area contributed by atoms with Crippen LogP contribution in [-0.2, 0) is 6.54 Å². The predicted octanol–water partition coefficient (Wildman–Crippen LogP) is 5.65. The largest absolute Gasteiger partial charge is 0.351 e. The summed E-state index contributed by atoms with van der Waals surface area (Å²) in [5, 5.41) is 20.0. The number of amidine groups is 1. The number of nitrogens with zero attached hydrogens (tertiary/aromatic N) is 3. The van der Waals surface area contributed by atoms with E-state index < -0.39 is 0 Å². The molecule has 2 aromatic rings. The van der Waals surface area contributed by atoms with Gasteiger partial charge in [-0.3, -0.25) is 5.01 Å². The molecule has 28 heavy (non-hydrogen) atoms. The molecule has 0 fully saturated rings. The number of hydrazone groups is 1. The lowest BCUT2D eigenvalue weighted by Crippen LogP contribution is -2.37. The van der Waals surface area contributed by atoms with Crippen molar-refractivity contribution >= 4 is 5.84 Å². The zero-order chi connectivity index (χ0) is 19.8. The van der Waals surface area contributed by atoms with Crippen LogP contribution in [0.5, 0.6) is 0 Å². The summed E-state index contributed by atoms with van der Waals surface area (Å²) >= 11 is 0. The lowest BCUT2D eigenvalue weighted by Gasteiger charge is -2.23. The van der Waals surface area contributed by atoms with E-state index in [-0.39, 0.29) is 0 Å². The van der Waals surface area contributed by atoms with Crippen molar-refractivity contribution in [3.8, 4) is 17.2 Å². The highest BCUT2D eigenvalue weighted by atomic mass is 15.6. The maximum Gasteiger partial charge on any atom is 0.124 e. The van der Waals surface area contributed by atoms with Crippen molar-refractivity contribution in [2.45, 2.75) is 65.1 Å². The first kappa shape index (κ1) is 19.9. The molecule has 146 valence electrons. The minimum Gasteiger partial charge on any atom is -0.351 e. The molecule has 0 aliphatic carbocycles. The standard InChI is InChI=1S/C24H30N4/c1-3-5-11-23-26-24(12-6-4-2)28(27-23)18-19-13-15-20(16-14-19)22-10-8-7-9-21(22)17-25/h7-10,13-16,24H,3-6,11-12,18H2,1-2H3,(H,26,27). The highest BCUT2D eigenvalue weighted by Crippen LogP contribution is 2.25. The van der Waals surface area contributed by atoms with Crippen LogP contribution in [0.25, 0.3) is 11.1 Å². The van der Waals surface area contributed by atoms with E-state index in [9.17, 15) is 5.26 Å². The second-order valence-corrected chi connectivity index (χ2v) is 7.40. The zero-order valence-corrected chi connectivity index (χ0v) is 17.0. The number of hydrogen-bond acceptors (Lipinski definition) is 4. The van der Waals surface area contributed by atoms with Crippen molar-refractivity contribution in [3.05, 3.63) is 59.7 Å². The van der Waals surface area contributed by atoms with Gasteiger partial charge in [0.15, 0.2) is 0 Å². The van der Waals surface area contributed by atoms with Crippen molar-refractivity contribution in [2.24, 2.45) is 5.10 Å². The third kappa shape index (κ3) is 4.92. The Bertz CT molecular complexity index is 832. The summed E-state index contributed by atoms with van der Waals surface area (Å²) in [6.45, 7) is 5.25. The van der Waals surface area contributed by atoms with Crippen molar-refractivity contribution in [2.75, 3.05) is 0 Å². The van der Waals surface area contributed by atoms with Crippen LogP contribution in [-0.4, -0.2) is 17.0 Å². The Morgan fingerprint density at radius 3 is 2.50 bits per heavy atom. The molecule has 0 bridgehead atoms. The van der Waals surface area contributed by atoms with Crippen LogP contribution < -0.4 is 5.32 Å². The van der Waals surface area contributed by atoms with Crippen LogP contribution in [0.1, 0.15) is 63.5 Å². The molecule has 0 radical (unpaired) electrons. The molecule has 1 atom stereocenters. The van der Waals surface area contributed by atoms with E-state index in [2.05, 4.69) is 54.5 Å². The highest BCUT2D eigenvalue weighted by Gasteiger charge is 2.24. The van der Waals surface area contributed by atoms with Gasteiger partial charge < -0.3 is 5.32 Å². The van der Waals surface area contributed by atoms with Gasteiger partial charge in [-0.1, -0.05) is 69.2 Å². The third-order valence-corrected chi connectivity index (χ3v) is 5.20. The molecule has 4 nitrogen and oxygen atoms in total. The van der Waals surface area contributed by atoms with Gasteiger partial charge in [-0.2, -0.15) is 10.4 Å². The SMILES string of the molecule is CCCCC1=NN(Cc2ccc(-c3ccccc3C#N)cc2)C(CCCC)N1. The van der Waals surface area contributed by atoms with Crippen LogP contribution in [0.15, 0.2) is 53.6 Å². The molecule has 0 saturated carbocycles. The second kappa shape index (κ2) is 9.94. The van der Waals surface area contributed by atoms with Gasteiger partial charge in [0.2, 0.25) is 0 Å². The fourth-order valence-electron chi connectivity index (χ4n) is 3.56. The lowest BCUT2D eigenvalue weighted by atomic mass is 9.99. The summed E-state index contributed by atoms with van der Waals surface area (Å²) < 4.78 is 0. The first-order valence-electron chi connectivity index (χ1n) is 10.4. The molecular formula is C24H30N4. The van der Waals surface area contributed by atoms with Gasteiger partial charge in [0, 0.05) is 6.42 Å². The number of rotatable bonds is 9. The smallest absolute Gasteiger partial charge is 0.124 e. The Hall–Kier alpha value is -2.80. The average molecular weight is 375 g/mol. The maximum atomic E-state index is 9.33. The van der Waals surface area contributed by atoms with Crippen molar-refractivity contribution in [3.63, 3.8) is 0 Å². The quantitative estimate of drug-likeness (QED) is 0.617. The number of benzene rings is 2. The van der Waals surface area contributed by atoms with E-state index in [1.165, 1.54) is 31.2 Å². The first-order valence-corrected chi connectivity index (χ1v) is 10.4. The summed E-state index contributed by atoms with van der Waals surface area (Å²) in [7, 11) is 0. The van der Waals surface area contributed by atoms with Gasteiger partial charge in [-0.15, -0.1) is 0 Å². The molecule has 3 rings (SSSR count). The van der Waals surface area contributed by atoms with E-state index >= 15 is 0 Å². The van der Waals surface area contributed by atoms with Gasteiger partial charge >= 0.3 is 0 Å². The molecule has 0 spiro atoms. The number of unbranched alkanes of at least 4 members (excludes halogenated alkanes) is 2. The van der Waals surface area contributed by atoms with Gasteiger partial charge in [-0.25, -0.2) is 0 Å². The fourth-order valence-corrected chi connectivity index (χ4v) is 3.56. The van der Waals surface area contributed by atoms with Crippen LogP contribution in [0.4, 0.5) is 0 Å². The number of hydrogen-bond donors (Lipinski definition) is 1. The Kier molecular flexibility index (Phi) is 7.08. The summed E-state index contributed by atoms with van der Waals surface area (Å²) in [6, 6.07) is 18.6. The minimum atomic E-state index is 0.297. The summed E-state index contributed by atoms with van der Waals surface area (Å²) in [5.41, 5.74) is 4.01. The molecular weight excluding hydrogens is 344 g/mol. The lowest BCUT2D eigenvalue weighted by molar-refractivity contribution is 0.194.